The molecule has 0 fully saturated rings. The lowest BCUT2D eigenvalue weighted by Gasteiger charge is -2.12. The first-order valence-corrected chi connectivity index (χ1v) is 8.33. The number of ether oxygens (including phenoxy) is 1. The summed E-state index contributed by atoms with van der Waals surface area (Å²) >= 11 is 5.89. The van der Waals surface area contributed by atoms with Crippen molar-refractivity contribution in [2.24, 2.45) is 0 Å². The van der Waals surface area contributed by atoms with E-state index < -0.39 is 0 Å². The van der Waals surface area contributed by atoms with Crippen LogP contribution in [0.25, 0.3) is 11.4 Å². The topological polar surface area (TPSA) is 91.9 Å². The summed E-state index contributed by atoms with van der Waals surface area (Å²) < 4.78 is 5.14. The zero-order valence-corrected chi connectivity index (χ0v) is 15.0. The minimum absolute atomic E-state index is 0.352. The molecule has 3 N–H and O–H groups in total. The fraction of sp³-hybridized carbons (Fsp3) is 0.167. The number of aromatic amines is 1. The highest BCUT2D eigenvalue weighted by atomic mass is 35.5. The van der Waals surface area contributed by atoms with Crippen molar-refractivity contribution in [3.8, 4) is 17.1 Å². The molecule has 1 aromatic heterocycles. The monoisotopic (exact) mass is 371 g/mol. The Morgan fingerprint density at radius 1 is 1.23 bits per heavy atom. The Balaban J connectivity index is 1.63. The van der Waals surface area contributed by atoms with Crippen LogP contribution >= 0.6 is 11.6 Å². The molecule has 2 aromatic carbocycles. The highest BCUT2D eigenvalue weighted by molar-refractivity contribution is 6.30. The van der Waals surface area contributed by atoms with Crippen LogP contribution in [0.15, 0.2) is 48.5 Å². The van der Waals surface area contributed by atoms with E-state index in [9.17, 15) is 4.79 Å². The molecule has 0 aliphatic carbocycles. The van der Waals surface area contributed by atoms with E-state index >= 15 is 0 Å². The molecule has 0 aliphatic heterocycles. The Morgan fingerprint density at radius 3 is 2.73 bits per heavy atom. The molecule has 3 aromatic rings. The van der Waals surface area contributed by atoms with E-state index in [4.69, 9.17) is 16.3 Å². The lowest BCUT2D eigenvalue weighted by atomic mass is 10.2. The van der Waals surface area contributed by atoms with Crippen LogP contribution in [0.5, 0.6) is 5.75 Å². The molecule has 3 rings (SSSR count). The van der Waals surface area contributed by atoms with E-state index in [0.29, 0.717) is 28.1 Å². The van der Waals surface area contributed by atoms with E-state index in [-0.39, 0.29) is 12.1 Å². The van der Waals surface area contributed by atoms with Gasteiger partial charge in [-0.3, -0.25) is 5.10 Å². The van der Waals surface area contributed by atoms with Crippen molar-refractivity contribution in [1.82, 2.24) is 20.5 Å². The molecule has 7 nitrogen and oxygen atoms in total. The number of aromatic nitrogens is 3. The number of H-pyrrole nitrogens is 1. The predicted molar refractivity (Wildman–Crippen MR) is 100 cm³/mol. The number of amides is 2. The quantitative estimate of drug-likeness (QED) is 0.631. The second-order valence-corrected chi connectivity index (χ2v) is 6.04. The first-order chi connectivity index (χ1) is 12.5. The van der Waals surface area contributed by atoms with Gasteiger partial charge in [-0.1, -0.05) is 17.7 Å². The number of carbonyl (C=O) groups excluding carboxylic acids is 1. The number of benzene rings is 2. The highest BCUT2D eigenvalue weighted by Gasteiger charge is 2.15. The molecule has 0 radical (unpaired) electrons. The number of nitrogens with zero attached hydrogens (tertiary/aromatic N) is 2. The summed E-state index contributed by atoms with van der Waals surface area (Å²) in [5, 5.41) is 13.2. The molecular formula is C18H18ClN5O2. The van der Waals surface area contributed by atoms with Crippen LogP contribution < -0.4 is 15.4 Å². The zero-order valence-electron chi connectivity index (χ0n) is 14.3. The van der Waals surface area contributed by atoms with E-state index in [2.05, 4.69) is 25.8 Å². The Bertz CT molecular complexity index is 895. The van der Waals surface area contributed by atoms with Crippen LogP contribution in [0.1, 0.15) is 18.8 Å². The molecular weight excluding hydrogens is 354 g/mol. The molecule has 0 aliphatic rings. The molecule has 8 heteroatoms. The van der Waals surface area contributed by atoms with Gasteiger partial charge in [0.2, 0.25) is 0 Å². The van der Waals surface area contributed by atoms with Crippen molar-refractivity contribution in [2.45, 2.75) is 13.0 Å². The summed E-state index contributed by atoms with van der Waals surface area (Å²) in [5.74, 6) is 1.76. The van der Waals surface area contributed by atoms with Gasteiger partial charge in [0.25, 0.3) is 0 Å². The fourth-order valence-corrected chi connectivity index (χ4v) is 2.46. The maximum Gasteiger partial charge on any atom is 0.319 e. The van der Waals surface area contributed by atoms with Gasteiger partial charge >= 0.3 is 6.03 Å². The number of hydrogen-bond donors (Lipinski definition) is 3. The normalized spacial score (nSPS) is 11.7. The number of anilines is 1. The number of urea groups is 1. The average Bonchev–Trinajstić information content (AvgIpc) is 3.12. The van der Waals surface area contributed by atoms with Crippen molar-refractivity contribution >= 4 is 23.3 Å². The third-order valence-electron chi connectivity index (χ3n) is 3.69. The Labute approximate surface area is 155 Å². The van der Waals surface area contributed by atoms with Gasteiger partial charge in [0.1, 0.15) is 11.6 Å². The SMILES string of the molecule is COc1cccc(NC(=O)N[C@@H](C)c2nc(-c3ccc(Cl)cc3)n[nH]2)c1. The number of rotatable bonds is 5. The van der Waals surface area contributed by atoms with E-state index in [1.807, 2.05) is 19.1 Å². The number of carbonyl (C=O) groups is 1. The lowest BCUT2D eigenvalue weighted by molar-refractivity contribution is 0.249. The minimum Gasteiger partial charge on any atom is -0.497 e. The number of methoxy groups -OCH3 is 1. The van der Waals surface area contributed by atoms with Gasteiger partial charge in [0, 0.05) is 22.3 Å². The van der Waals surface area contributed by atoms with Crippen molar-refractivity contribution in [3.05, 3.63) is 59.4 Å². The standard InChI is InChI=1S/C18H18ClN5O2/c1-11(20-18(25)21-14-4-3-5-15(10-14)26-2)16-22-17(24-23-16)12-6-8-13(19)9-7-12/h3-11H,1-2H3,(H2,20,21,25)(H,22,23,24)/t11-/m0/s1. The maximum atomic E-state index is 12.2. The number of hydrogen-bond acceptors (Lipinski definition) is 4. The largest absolute Gasteiger partial charge is 0.497 e. The van der Waals surface area contributed by atoms with Crippen LogP contribution in [-0.2, 0) is 0 Å². The molecule has 0 saturated heterocycles. The second kappa shape index (κ2) is 7.88. The molecule has 0 bridgehead atoms. The van der Waals surface area contributed by atoms with Crippen LogP contribution in [0.3, 0.4) is 0 Å². The van der Waals surface area contributed by atoms with Gasteiger partial charge in [-0.15, -0.1) is 0 Å². The highest BCUT2D eigenvalue weighted by Crippen LogP contribution is 2.20. The maximum absolute atomic E-state index is 12.2. The van der Waals surface area contributed by atoms with Gasteiger partial charge < -0.3 is 15.4 Å². The fourth-order valence-electron chi connectivity index (χ4n) is 2.33. The van der Waals surface area contributed by atoms with Gasteiger partial charge in [-0.2, -0.15) is 5.10 Å². The molecule has 0 saturated carbocycles. The number of halogens is 1. The summed E-state index contributed by atoms with van der Waals surface area (Å²) in [5.41, 5.74) is 1.47. The van der Waals surface area contributed by atoms with Gasteiger partial charge in [0.15, 0.2) is 5.82 Å². The van der Waals surface area contributed by atoms with Gasteiger partial charge in [-0.25, -0.2) is 9.78 Å². The third kappa shape index (κ3) is 4.31. The summed E-state index contributed by atoms with van der Waals surface area (Å²) in [7, 11) is 1.57. The van der Waals surface area contributed by atoms with E-state index in [0.717, 1.165) is 5.56 Å². The van der Waals surface area contributed by atoms with Crippen LogP contribution in [0, 0.1) is 0 Å². The molecule has 134 valence electrons. The second-order valence-electron chi connectivity index (χ2n) is 5.60. The minimum atomic E-state index is -0.353. The Kier molecular flexibility index (Phi) is 5.38. The van der Waals surface area contributed by atoms with Crippen LogP contribution in [-0.4, -0.2) is 28.3 Å². The summed E-state index contributed by atoms with van der Waals surface area (Å²) in [6.45, 7) is 1.82. The number of nitrogens with one attached hydrogen (secondary N) is 3. The third-order valence-corrected chi connectivity index (χ3v) is 3.94. The summed E-state index contributed by atoms with van der Waals surface area (Å²) in [4.78, 5) is 16.6. The average molecular weight is 372 g/mol. The van der Waals surface area contributed by atoms with Crippen molar-refractivity contribution < 1.29 is 9.53 Å². The van der Waals surface area contributed by atoms with Crippen LogP contribution in [0.4, 0.5) is 10.5 Å². The van der Waals surface area contributed by atoms with Crippen molar-refractivity contribution in [1.29, 1.82) is 0 Å². The molecule has 26 heavy (non-hydrogen) atoms. The molecule has 1 heterocycles. The zero-order chi connectivity index (χ0) is 18.5. The van der Waals surface area contributed by atoms with Gasteiger partial charge in [0.05, 0.1) is 13.2 Å². The van der Waals surface area contributed by atoms with Crippen LogP contribution in [0.2, 0.25) is 5.02 Å². The van der Waals surface area contributed by atoms with Gasteiger partial charge in [-0.05, 0) is 43.3 Å². The predicted octanol–water partition coefficient (Wildman–Crippen LogP) is 4.02. The molecule has 1 atom stereocenters. The van der Waals surface area contributed by atoms with Crippen molar-refractivity contribution in [2.75, 3.05) is 12.4 Å². The molecule has 2 amide bonds. The molecule has 0 unspecified atom stereocenters. The first-order valence-electron chi connectivity index (χ1n) is 7.95. The van der Waals surface area contributed by atoms with Crippen molar-refractivity contribution in [3.63, 3.8) is 0 Å². The van der Waals surface area contributed by atoms with E-state index in [1.54, 1.807) is 43.5 Å². The summed E-state index contributed by atoms with van der Waals surface area (Å²) in [6.07, 6.45) is 0. The lowest BCUT2D eigenvalue weighted by Crippen LogP contribution is -2.31. The Hall–Kier alpha value is -3.06. The first kappa shape index (κ1) is 17.8. The van der Waals surface area contributed by atoms with E-state index in [1.165, 1.54) is 0 Å². The smallest absolute Gasteiger partial charge is 0.319 e. The molecule has 0 spiro atoms. The summed E-state index contributed by atoms with van der Waals surface area (Å²) in [6, 6.07) is 13.6. The Morgan fingerprint density at radius 2 is 2.00 bits per heavy atom.